The molecule has 1 saturated heterocycles. The van der Waals surface area contributed by atoms with Gasteiger partial charge in [0, 0.05) is 11.9 Å². The van der Waals surface area contributed by atoms with Gasteiger partial charge in [-0.15, -0.1) is 0 Å². The lowest BCUT2D eigenvalue weighted by molar-refractivity contribution is 0.0764. The zero-order valence-corrected chi connectivity index (χ0v) is 15.2. The first-order chi connectivity index (χ1) is 12.8. The van der Waals surface area contributed by atoms with Crippen molar-refractivity contribution < 1.29 is 14.6 Å². The average molecular weight is 353 g/mol. The number of nitrogens with zero attached hydrogens (tertiary/aromatic N) is 1. The first-order valence-electron chi connectivity index (χ1n) is 9.63. The highest BCUT2D eigenvalue weighted by molar-refractivity contribution is 5.97. The van der Waals surface area contributed by atoms with Crippen LogP contribution >= 0.6 is 0 Å². The van der Waals surface area contributed by atoms with Crippen molar-refractivity contribution in [2.24, 2.45) is 0 Å². The van der Waals surface area contributed by atoms with Crippen LogP contribution in [0.2, 0.25) is 0 Å². The van der Waals surface area contributed by atoms with Crippen molar-refractivity contribution in [1.29, 1.82) is 0 Å². The molecule has 0 radical (unpaired) electrons. The molecular formula is C22H27NO3. The standard InChI is InChI=1S/C22H27NO3/c24-18(15-23-11-3-4-12-23)16-26-22-8-7-19(17-9-13-25-14-10-17)20-5-1-2-6-21(20)22/h1-2,5-9,18,24H,3-4,10-16H2. The zero-order chi connectivity index (χ0) is 17.8. The molecule has 4 rings (SSSR count). The Kier molecular flexibility index (Phi) is 5.54. The maximum Gasteiger partial charge on any atom is 0.127 e. The summed E-state index contributed by atoms with van der Waals surface area (Å²) < 4.78 is 11.5. The van der Waals surface area contributed by atoms with Gasteiger partial charge < -0.3 is 19.5 Å². The maximum absolute atomic E-state index is 10.3. The largest absolute Gasteiger partial charge is 0.490 e. The van der Waals surface area contributed by atoms with Crippen molar-refractivity contribution >= 4 is 16.3 Å². The van der Waals surface area contributed by atoms with Gasteiger partial charge in [0.25, 0.3) is 0 Å². The Balaban J connectivity index is 1.51. The summed E-state index contributed by atoms with van der Waals surface area (Å²) in [6, 6.07) is 12.5. The van der Waals surface area contributed by atoms with Crippen LogP contribution in [0.3, 0.4) is 0 Å². The van der Waals surface area contributed by atoms with E-state index in [0.29, 0.717) is 19.8 Å². The highest BCUT2D eigenvalue weighted by Gasteiger charge is 2.17. The Hall–Kier alpha value is -1.88. The van der Waals surface area contributed by atoms with Crippen LogP contribution in [0, 0.1) is 0 Å². The third-order valence-electron chi connectivity index (χ3n) is 5.29. The molecule has 2 aliphatic heterocycles. The second-order valence-corrected chi connectivity index (χ2v) is 7.18. The van der Waals surface area contributed by atoms with Crippen LogP contribution < -0.4 is 4.74 Å². The molecule has 0 saturated carbocycles. The monoisotopic (exact) mass is 353 g/mol. The van der Waals surface area contributed by atoms with E-state index in [9.17, 15) is 5.11 Å². The molecule has 1 N–H and O–H groups in total. The molecule has 2 aliphatic rings. The number of hydrogen-bond acceptors (Lipinski definition) is 4. The average Bonchev–Trinajstić information content (AvgIpc) is 3.19. The fourth-order valence-electron chi connectivity index (χ4n) is 3.95. The molecule has 2 aromatic carbocycles. The SMILES string of the molecule is OC(COc1ccc(C2=CCOCC2)c2ccccc12)CN1CCCC1. The Labute approximate surface area is 155 Å². The van der Waals surface area contributed by atoms with Gasteiger partial charge in [-0.1, -0.05) is 36.4 Å². The van der Waals surface area contributed by atoms with Gasteiger partial charge in [0.2, 0.25) is 0 Å². The molecule has 1 unspecified atom stereocenters. The van der Waals surface area contributed by atoms with E-state index >= 15 is 0 Å². The van der Waals surface area contributed by atoms with E-state index in [4.69, 9.17) is 9.47 Å². The number of rotatable bonds is 6. The molecule has 1 atom stereocenters. The summed E-state index contributed by atoms with van der Waals surface area (Å²) in [6.07, 6.45) is 5.13. The van der Waals surface area contributed by atoms with E-state index in [1.165, 1.54) is 29.4 Å². The second-order valence-electron chi connectivity index (χ2n) is 7.18. The smallest absolute Gasteiger partial charge is 0.127 e. The quantitative estimate of drug-likeness (QED) is 0.863. The molecule has 2 heterocycles. The van der Waals surface area contributed by atoms with E-state index in [-0.39, 0.29) is 0 Å². The predicted octanol–water partition coefficient (Wildman–Crippen LogP) is 3.48. The molecule has 0 aromatic heterocycles. The molecule has 2 aromatic rings. The van der Waals surface area contributed by atoms with Gasteiger partial charge in [-0.05, 0) is 54.9 Å². The van der Waals surface area contributed by atoms with Crippen LogP contribution in [-0.2, 0) is 4.74 Å². The van der Waals surface area contributed by atoms with Crippen LogP contribution in [0.15, 0.2) is 42.5 Å². The highest BCUT2D eigenvalue weighted by Crippen LogP contribution is 2.34. The molecule has 26 heavy (non-hydrogen) atoms. The van der Waals surface area contributed by atoms with Crippen LogP contribution in [-0.4, -0.2) is 55.6 Å². The molecule has 0 aliphatic carbocycles. The second kappa shape index (κ2) is 8.21. The van der Waals surface area contributed by atoms with Crippen molar-refractivity contribution in [3.05, 3.63) is 48.0 Å². The van der Waals surface area contributed by atoms with Gasteiger partial charge in [0.15, 0.2) is 0 Å². The number of benzene rings is 2. The molecule has 0 amide bonds. The summed E-state index contributed by atoms with van der Waals surface area (Å²) in [7, 11) is 0. The first-order valence-corrected chi connectivity index (χ1v) is 9.63. The van der Waals surface area contributed by atoms with Crippen LogP contribution in [0.4, 0.5) is 0 Å². The molecule has 0 bridgehead atoms. The van der Waals surface area contributed by atoms with Crippen LogP contribution in [0.1, 0.15) is 24.8 Å². The minimum absolute atomic E-state index is 0.330. The van der Waals surface area contributed by atoms with Gasteiger partial charge in [0.1, 0.15) is 18.5 Å². The van der Waals surface area contributed by atoms with Gasteiger partial charge in [0.05, 0.1) is 13.2 Å². The summed E-state index contributed by atoms with van der Waals surface area (Å²) in [6.45, 7) is 4.67. The van der Waals surface area contributed by atoms with Gasteiger partial charge >= 0.3 is 0 Å². The van der Waals surface area contributed by atoms with Gasteiger partial charge in [-0.3, -0.25) is 0 Å². The fraction of sp³-hybridized carbons (Fsp3) is 0.455. The maximum atomic E-state index is 10.3. The third kappa shape index (κ3) is 3.93. The third-order valence-corrected chi connectivity index (χ3v) is 5.29. The predicted molar refractivity (Wildman–Crippen MR) is 105 cm³/mol. The Morgan fingerprint density at radius 1 is 1.08 bits per heavy atom. The topological polar surface area (TPSA) is 41.9 Å². The lowest BCUT2D eigenvalue weighted by Crippen LogP contribution is -2.33. The minimum Gasteiger partial charge on any atom is -0.490 e. The fourth-order valence-corrected chi connectivity index (χ4v) is 3.95. The van der Waals surface area contributed by atoms with Crippen molar-refractivity contribution in [1.82, 2.24) is 4.90 Å². The summed E-state index contributed by atoms with van der Waals surface area (Å²) in [5.41, 5.74) is 2.60. The lowest BCUT2D eigenvalue weighted by Gasteiger charge is -2.21. The normalized spacial score (nSPS) is 19.5. The number of β-amino-alcohol motifs (C(OH)–C–C–N with tert-alkyl or cyclic N) is 1. The summed E-state index contributed by atoms with van der Waals surface area (Å²) >= 11 is 0. The summed E-state index contributed by atoms with van der Waals surface area (Å²) in [5, 5.41) is 12.6. The van der Waals surface area contributed by atoms with Crippen molar-refractivity contribution in [3.63, 3.8) is 0 Å². The van der Waals surface area contributed by atoms with Gasteiger partial charge in [-0.2, -0.15) is 0 Å². The van der Waals surface area contributed by atoms with E-state index in [2.05, 4.69) is 35.2 Å². The molecular weight excluding hydrogens is 326 g/mol. The minimum atomic E-state index is -0.454. The van der Waals surface area contributed by atoms with E-state index in [1.807, 2.05) is 12.1 Å². The molecule has 1 fully saturated rings. The Morgan fingerprint density at radius 2 is 1.88 bits per heavy atom. The Morgan fingerprint density at radius 3 is 2.65 bits per heavy atom. The molecule has 4 heteroatoms. The van der Waals surface area contributed by atoms with E-state index in [0.717, 1.165) is 37.3 Å². The van der Waals surface area contributed by atoms with Crippen molar-refractivity contribution in [3.8, 4) is 5.75 Å². The highest BCUT2D eigenvalue weighted by atomic mass is 16.5. The Bertz CT molecular complexity index is 780. The first kappa shape index (κ1) is 17.5. The lowest BCUT2D eigenvalue weighted by atomic mass is 9.95. The number of fused-ring (bicyclic) bond motifs is 1. The summed E-state index contributed by atoms with van der Waals surface area (Å²) in [5.74, 6) is 0.845. The van der Waals surface area contributed by atoms with Crippen LogP contribution in [0.25, 0.3) is 16.3 Å². The number of likely N-dealkylation sites (tertiary alicyclic amines) is 1. The van der Waals surface area contributed by atoms with E-state index in [1.54, 1.807) is 0 Å². The molecule has 138 valence electrons. The summed E-state index contributed by atoms with van der Waals surface area (Å²) in [4.78, 5) is 2.31. The van der Waals surface area contributed by atoms with Crippen molar-refractivity contribution in [2.75, 3.05) is 39.5 Å². The number of aliphatic hydroxyl groups excluding tert-OH is 1. The number of ether oxygens (including phenoxy) is 2. The number of hydrogen-bond donors (Lipinski definition) is 1. The number of aliphatic hydroxyl groups is 1. The molecule has 4 nitrogen and oxygen atoms in total. The molecule has 0 spiro atoms. The van der Waals surface area contributed by atoms with Crippen molar-refractivity contribution in [2.45, 2.75) is 25.4 Å². The van der Waals surface area contributed by atoms with Gasteiger partial charge in [-0.25, -0.2) is 0 Å². The van der Waals surface area contributed by atoms with Crippen LogP contribution in [0.5, 0.6) is 5.75 Å². The zero-order valence-electron chi connectivity index (χ0n) is 15.2. The van der Waals surface area contributed by atoms with E-state index < -0.39 is 6.10 Å².